The Bertz CT molecular complexity index is 445. The van der Waals surface area contributed by atoms with E-state index in [9.17, 15) is 4.79 Å². The molecule has 0 bridgehead atoms. The van der Waals surface area contributed by atoms with E-state index in [1.54, 1.807) is 0 Å². The average Bonchev–Trinajstić information content (AvgIpc) is 2.56. The molecular weight excluding hydrogens is 365 g/mol. The van der Waals surface area contributed by atoms with Crippen LogP contribution in [-0.2, 0) is 4.79 Å². The van der Waals surface area contributed by atoms with Gasteiger partial charge in [0, 0.05) is 55.8 Å². The lowest BCUT2D eigenvalue weighted by Crippen LogP contribution is -2.41. The van der Waals surface area contributed by atoms with Crippen molar-refractivity contribution in [1.29, 1.82) is 0 Å². The van der Waals surface area contributed by atoms with Gasteiger partial charge in [-0.2, -0.15) is 11.8 Å². The molecule has 1 unspecified atom stereocenters. The molecular formula is C17H29Cl2N3OS. The third-order valence-electron chi connectivity index (χ3n) is 3.86. The van der Waals surface area contributed by atoms with E-state index in [1.807, 2.05) is 17.8 Å². The summed E-state index contributed by atoms with van der Waals surface area (Å²) in [6.45, 7) is 5.89. The lowest BCUT2D eigenvalue weighted by atomic mass is 10.2. The number of hydrogen-bond acceptors (Lipinski definition) is 4. The Morgan fingerprint density at radius 2 is 2.08 bits per heavy atom. The molecule has 1 heterocycles. The van der Waals surface area contributed by atoms with Gasteiger partial charge in [0.05, 0.1) is 0 Å². The Balaban J connectivity index is 0.00000264. The van der Waals surface area contributed by atoms with E-state index in [4.69, 9.17) is 0 Å². The van der Waals surface area contributed by atoms with Crippen LogP contribution >= 0.6 is 36.6 Å². The van der Waals surface area contributed by atoms with Gasteiger partial charge in [0.25, 0.3) is 0 Å². The van der Waals surface area contributed by atoms with Crippen molar-refractivity contribution in [2.75, 3.05) is 42.6 Å². The van der Waals surface area contributed by atoms with E-state index in [0.717, 1.165) is 44.1 Å². The number of nitrogens with zero attached hydrogens (tertiary/aromatic N) is 1. The van der Waals surface area contributed by atoms with Crippen molar-refractivity contribution < 1.29 is 4.79 Å². The number of thioether (sulfide) groups is 1. The van der Waals surface area contributed by atoms with Gasteiger partial charge in [-0.25, -0.2) is 0 Å². The topological polar surface area (TPSA) is 44.4 Å². The van der Waals surface area contributed by atoms with E-state index in [-0.39, 0.29) is 30.7 Å². The highest BCUT2D eigenvalue weighted by Gasteiger charge is 2.16. The van der Waals surface area contributed by atoms with E-state index in [1.165, 1.54) is 5.69 Å². The molecule has 1 aromatic rings. The summed E-state index contributed by atoms with van der Waals surface area (Å²) in [7, 11) is 0. The van der Waals surface area contributed by atoms with Gasteiger partial charge in [-0.3, -0.25) is 4.79 Å². The molecule has 0 aliphatic carbocycles. The first-order valence-corrected chi connectivity index (χ1v) is 9.33. The predicted octanol–water partition coefficient (Wildman–Crippen LogP) is 2.96. The standard InChI is InChI=1S/C17H27N3OS.2ClH/c1-2-20(16-7-4-3-5-8-16)11-6-9-19-17(21)13-15-14-22-12-10-18-15;;/h3-5,7-8,15,18H,2,6,9-14H2,1H3,(H,19,21);2*1H. The predicted molar refractivity (Wildman–Crippen MR) is 110 cm³/mol. The summed E-state index contributed by atoms with van der Waals surface area (Å²) in [5.74, 6) is 2.37. The van der Waals surface area contributed by atoms with Crippen LogP contribution in [0.15, 0.2) is 30.3 Å². The summed E-state index contributed by atoms with van der Waals surface area (Å²) < 4.78 is 0. The second-order valence-electron chi connectivity index (χ2n) is 5.55. The zero-order valence-corrected chi connectivity index (χ0v) is 16.7. The van der Waals surface area contributed by atoms with Gasteiger partial charge in [0.2, 0.25) is 5.91 Å². The van der Waals surface area contributed by atoms with Crippen molar-refractivity contribution in [1.82, 2.24) is 10.6 Å². The molecule has 0 saturated carbocycles. The summed E-state index contributed by atoms with van der Waals surface area (Å²) in [5.41, 5.74) is 1.25. The maximum atomic E-state index is 11.9. The number of rotatable bonds is 8. The molecule has 4 nitrogen and oxygen atoms in total. The van der Waals surface area contributed by atoms with Crippen molar-refractivity contribution in [2.24, 2.45) is 0 Å². The summed E-state index contributed by atoms with van der Waals surface area (Å²) in [4.78, 5) is 14.3. The highest BCUT2D eigenvalue weighted by molar-refractivity contribution is 7.99. The summed E-state index contributed by atoms with van der Waals surface area (Å²) in [6, 6.07) is 10.8. The second-order valence-corrected chi connectivity index (χ2v) is 6.70. The summed E-state index contributed by atoms with van der Waals surface area (Å²) in [6.07, 6.45) is 1.57. The largest absolute Gasteiger partial charge is 0.372 e. The first kappa shape index (κ1) is 23.4. The van der Waals surface area contributed by atoms with E-state index < -0.39 is 0 Å². The highest BCUT2D eigenvalue weighted by Crippen LogP contribution is 2.13. The van der Waals surface area contributed by atoms with Gasteiger partial charge < -0.3 is 15.5 Å². The molecule has 0 aromatic heterocycles. The first-order valence-electron chi connectivity index (χ1n) is 8.17. The fourth-order valence-electron chi connectivity index (χ4n) is 2.65. The van der Waals surface area contributed by atoms with Crippen molar-refractivity contribution in [3.8, 4) is 0 Å². The van der Waals surface area contributed by atoms with Crippen LogP contribution in [0.2, 0.25) is 0 Å². The van der Waals surface area contributed by atoms with Gasteiger partial charge >= 0.3 is 0 Å². The number of nitrogens with one attached hydrogen (secondary N) is 2. The van der Waals surface area contributed by atoms with E-state index in [0.29, 0.717) is 12.5 Å². The number of halogens is 2. The third kappa shape index (κ3) is 8.47. The number of hydrogen-bond donors (Lipinski definition) is 2. The van der Waals surface area contributed by atoms with Crippen LogP contribution in [0.5, 0.6) is 0 Å². The lowest BCUT2D eigenvalue weighted by Gasteiger charge is -2.24. The quantitative estimate of drug-likeness (QED) is 0.666. The van der Waals surface area contributed by atoms with Crippen LogP contribution in [-0.4, -0.2) is 49.6 Å². The molecule has 0 radical (unpaired) electrons. The Morgan fingerprint density at radius 3 is 2.71 bits per heavy atom. The minimum atomic E-state index is 0. The molecule has 1 atom stereocenters. The monoisotopic (exact) mass is 393 g/mol. The first-order chi connectivity index (χ1) is 10.8. The van der Waals surface area contributed by atoms with Crippen LogP contribution in [0, 0.1) is 0 Å². The van der Waals surface area contributed by atoms with Gasteiger partial charge in [-0.15, -0.1) is 24.8 Å². The van der Waals surface area contributed by atoms with Crippen LogP contribution in [0.25, 0.3) is 0 Å². The summed E-state index contributed by atoms with van der Waals surface area (Å²) in [5, 5.41) is 6.45. The smallest absolute Gasteiger partial charge is 0.221 e. The number of carbonyl (C=O) groups excluding carboxylic acids is 1. The molecule has 2 rings (SSSR count). The Hall–Kier alpha value is -0.620. The molecule has 7 heteroatoms. The Morgan fingerprint density at radius 1 is 1.33 bits per heavy atom. The molecule has 1 fully saturated rings. The SMILES string of the molecule is CCN(CCCNC(=O)CC1CSCCN1)c1ccccc1.Cl.Cl. The Kier molecular flexibility index (Phi) is 13.3. The molecule has 24 heavy (non-hydrogen) atoms. The molecule has 0 spiro atoms. The lowest BCUT2D eigenvalue weighted by molar-refractivity contribution is -0.121. The maximum absolute atomic E-state index is 11.9. The van der Waals surface area contributed by atoms with E-state index >= 15 is 0 Å². The molecule has 1 aliphatic heterocycles. The zero-order chi connectivity index (χ0) is 15.6. The van der Waals surface area contributed by atoms with Crippen LogP contribution in [0.4, 0.5) is 5.69 Å². The molecule has 1 aliphatic rings. The number of anilines is 1. The molecule has 1 amide bonds. The zero-order valence-electron chi connectivity index (χ0n) is 14.2. The van der Waals surface area contributed by atoms with E-state index in [2.05, 4.69) is 46.7 Å². The number of carbonyl (C=O) groups is 1. The van der Waals surface area contributed by atoms with Gasteiger partial charge in [0.1, 0.15) is 0 Å². The Labute approximate surface area is 162 Å². The second kappa shape index (κ2) is 13.6. The van der Waals surface area contributed by atoms with Gasteiger partial charge in [-0.05, 0) is 25.5 Å². The van der Waals surface area contributed by atoms with Crippen molar-refractivity contribution in [2.45, 2.75) is 25.8 Å². The fourth-order valence-corrected chi connectivity index (χ4v) is 3.60. The minimum Gasteiger partial charge on any atom is -0.372 e. The van der Waals surface area contributed by atoms with Crippen molar-refractivity contribution >= 4 is 48.2 Å². The normalized spacial score (nSPS) is 16.5. The maximum Gasteiger partial charge on any atom is 0.221 e. The third-order valence-corrected chi connectivity index (χ3v) is 4.99. The van der Waals surface area contributed by atoms with Crippen LogP contribution < -0.4 is 15.5 Å². The summed E-state index contributed by atoms with van der Waals surface area (Å²) >= 11 is 1.93. The highest BCUT2D eigenvalue weighted by atomic mass is 35.5. The number of benzene rings is 1. The van der Waals surface area contributed by atoms with Crippen molar-refractivity contribution in [3.63, 3.8) is 0 Å². The van der Waals surface area contributed by atoms with Gasteiger partial charge in [-0.1, -0.05) is 18.2 Å². The minimum absolute atomic E-state index is 0. The van der Waals surface area contributed by atoms with Crippen molar-refractivity contribution in [3.05, 3.63) is 30.3 Å². The number of para-hydroxylation sites is 1. The van der Waals surface area contributed by atoms with Crippen LogP contribution in [0.1, 0.15) is 19.8 Å². The molecule has 1 aromatic carbocycles. The van der Waals surface area contributed by atoms with Gasteiger partial charge in [0.15, 0.2) is 0 Å². The molecule has 138 valence electrons. The molecule has 1 saturated heterocycles. The molecule has 2 N–H and O–H groups in total. The average molecular weight is 394 g/mol. The number of amides is 1. The van der Waals surface area contributed by atoms with Crippen LogP contribution in [0.3, 0.4) is 0 Å². The fraction of sp³-hybridized carbons (Fsp3) is 0.588.